The topological polar surface area (TPSA) is 42.7 Å². The highest BCUT2D eigenvalue weighted by molar-refractivity contribution is 7.09. The van der Waals surface area contributed by atoms with Gasteiger partial charge in [-0.05, 0) is 26.8 Å². The Bertz CT molecular complexity index is 501. The van der Waals surface area contributed by atoms with Crippen molar-refractivity contribution in [2.45, 2.75) is 40.3 Å². The molecule has 2 heterocycles. The van der Waals surface area contributed by atoms with Crippen LogP contribution in [-0.4, -0.2) is 21.3 Å². The van der Waals surface area contributed by atoms with E-state index in [-0.39, 0.29) is 0 Å². The average Bonchev–Trinajstić information content (AvgIpc) is 2.90. The third kappa shape index (κ3) is 3.17. The van der Waals surface area contributed by atoms with Crippen molar-refractivity contribution in [3.8, 4) is 0 Å². The molecule has 5 heteroatoms. The van der Waals surface area contributed by atoms with Crippen molar-refractivity contribution in [1.82, 2.24) is 20.1 Å². The molecule has 1 N–H and O–H groups in total. The lowest BCUT2D eigenvalue weighted by atomic mass is 10.2. The van der Waals surface area contributed by atoms with E-state index in [1.54, 1.807) is 11.3 Å². The van der Waals surface area contributed by atoms with Crippen molar-refractivity contribution in [3.63, 3.8) is 0 Å². The Kier molecular flexibility index (Phi) is 4.49. The van der Waals surface area contributed by atoms with E-state index in [1.807, 2.05) is 17.8 Å². The van der Waals surface area contributed by atoms with Gasteiger partial charge in [-0.15, -0.1) is 11.3 Å². The average molecular weight is 264 g/mol. The van der Waals surface area contributed by atoms with Gasteiger partial charge in [-0.25, -0.2) is 4.98 Å². The first-order valence-corrected chi connectivity index (χ1v) is 7.21. The molecule has 0 spiro atoms. The van der Waals surface area contributed by atoms with Crippen LogP contribution in [0.1, 0.15) is 35.3 Å². The van der Waals surface area contributed by atoms with Crippen LogP contribution < -0.4 is 5.32 Å². The normalized spacial score (nSPS) is 11.1. The van der Waals surface area contributed by atoms with Gasteiger partial charge in [0.15, 0.2) is 0 Å². The third-order valence-corrected chi connectivity index (χ3v) is 3.75. The van der Waals surface area contributed by atoms with Crippen LogP contribution >= 0.6 is 11.3 Å². The van der Waals surface area contributed by atoms with Crippen molar-refractivity contribution in [1.29, 1.82) is 0 Å². The van der Waals surface area contributed by atoms with E-state index in [1.165, 1.54) is 11.3 Å². The molecule has 0 saturated heterocycles. The summed E-state index contributed by atoms with van der Waals surface area (Å²) in [6, 6.07) is 0. The molecular weight excluding hydrogens is 244 g/mol. The van der Waals surface area contributed by atoms with Crippen molar-refractivity contribution in [2.75, 3.05) is 6.54 Å². The van der Waals surface area contributed by atoms with E-state index >= 15 is 0 Å². The van der Waals surface area contributed by atoms with Gasteiger partial charge in [0.05, 0.1) is 23.4 Å². The second-order valence-corrected chi connectivity index (χ2v) is 5.51. The van der Waals surface area contributed by atoms with Gasteiger partial charge in [-0.3, -0.25) is 4.68 Å². The SMILES string of the molecule is CCCNCc1cnn(Cc2csc(C)n2)c1C. The van der Waals surface area contributed by atoms with Crippen LogP contribution in [0.4, 0.5) is 0 Å². The van der Waals surface area contributed by atoms with Crippen molar-refractivity contribution >= 4 is 11.3 Å². The van der Waals surface area contributed by atoms with E-state index < -0.39 is 0 Å². The van der Waals surface area contributed by atoms with Crippen LogP contribution in [0.2, 0.25) is 0 Å². The van der Waals surface area contributed by atoms with Crippen LogP contribution in [0.3, 0.4) is 0 Å². The van der Waals surface area contributed by atoms with Gasteiger partial charge in [-0.2, -0.15) is 5.10 Å². The maximum Gasteiger partial charge on any atom is 0.0898 e. The highest BCUT2D eigenvalue weighted by Gasteiger charge is 2.07. The third-order valence-electron chi connectivity index (χ3n) is 2.93. The van der Waals surface area contributed by atoms with Crippen molar-refractivity contribution < 1.29 is 0 Å². The maximum absolute atomic E-state index is 4.47. The number of aromatic nitrogens is 3. The Hall–Kier alpha value is -1.20. The van der Waals surface area contributed by atoms with Crippen LogP contribution in [0.5, 0.6) is 0 Å². The number of rotatable bonds is 6. The van der Waals surface area contributed by atoms with E-state index in [4.69, 9.17) is 0 Å². The summed E-state index contributed by atoms with van der Waals surface area (Å²) in [5.41, 5.74) is 3.59. The minimum absolute atomic E-state index is 0.768. The quantitative estimate of drug-likeness (QED) is 0.815. The first-order valence-electron chi connectivity index (χ1n) is 6.33. The molecule has 0 saturated carbocycles. The second kappa shape index (κ2) is 6.11. The number of nitrogens with one attached hydrogen (secondary N) is 1. The lowest BCUT2D eigenvalue weighted by Crippen LogP contribution is -2.14. The molecule has 2 rings (SSSR count). The Balaban J connectivity index is 2.01. The summed E-state index contributed by atoms with van der Waals surface area (Å²) in [6.45, 7) is 9.04. The molecule has 0 amide bonds. The summed E-state index contributed by atoms with van der Waals surface area (Å²) in [7, 11) is 0. The van der Waals surface area contributed by atoms with E-state index in [9.17, 15) is 0 Å². The summed E-state index contributed by atoms with van der Waals surface area (Å²) in [4.78, 5) is 4.47. The maximum atomic E-state index is 4.47. The standard InChI is InChI=1S/C13H20N4S/c1-4-5-14-6-12-7-15-17(10(12)2)8-13-9-18-11(3)16-13/h7,9,14H,4-6,8H2,1-3H3. The van der Waals surface area contributed by atoms with Crippen LogP contribution in [0, 0.1) is 13.8 Å². The van der Waals surface area contributed by atoms with Gasteiger partial charge in [0.1, 0.15) is 0 Å². The van der Waals surface area contributed by atoms with Gasteiger partial charge in [0, 0.05) is 23.2 Å². The second-order valence-electron chi connectivity index (χ2n) is 4.45. The van der Waals surface area contributed by atoms with Gasteiger partial charge >= 0.3 is 0 Å². The molecule has 0 radical (unpaired) electrons. The largest absolute Gasteiger partial charge is 0.313 e. The number of thiazole rings is 1. The molecule has 0 aliphatic rings. The summed E-state index contributed by atoms with van der Waals surface area (Å²) in [5, 5.41) is 11.1. The van der Waals surface area contributed by atoms with E-state index in [0.717, 1.165) is 36.8 Å². The number of hydrogen-bond acceptors (Lipinski definition) is 4. The zero-order valence-corrected chi connectivity index (χ0v) is 12.0. The predicted octanol–water partition coefficient (Wildman–Crippen LogP) is 2.50. The number of nitrogens with zero attached hydrogens (tertiary/aromatic N) is 3. The fourth-order valence-electron chi connectivity index (χ4n) is 1.85. The van der Waals surface area contributed by atoms with Gasteiger partial charge in [0.2, 0.25) is 0 Å². The lowest BCUT2D eigenvalue weighted by Gasteiger charge is -2.04. The number of hydrogen-bond donors (Lipinski definition) is 1. The molecule has 0 aromatic carbocycles. The summed E-state index contributed by atoms with van der Waals surface area (Å²) < 4.78 is 2.03. The number of aryl methyl sites for hydroxylation is 1. The van der Waals surface area contributed by atoms with Gasteiger partial charge in [0.25, 0.3) is 0 Å². The van der Waals surface area contributed by atoms with Crippen molar-refractivity contribution in [3.05, 3.63) is 33.5 Å². The molecule has 98 valence electrons. The fourth-order valence-corrected chi connectivity index (χ4v) is 2.46. The summed E-state index contributed by atoms with van der Waals surface area (Å²) in [5.74, 6) is 0. The zero-order valence-electron chi connectivity index (χ0n) is 11.2. The van der Waals surface area contributed by atoms with Gasteiger partial charge < -0.3 is 5.32 Å². The molecule has 0 fully saturated rings. The minimum Gasteiger partial charge on any atom is -0.313 e. The first-order chi connectivity index (χ1) is 8.70. The smallest absolute Gasteiger partial charge is 0.0898 e. The highest BCUT2D eigenvalue weighted by atomic mass is 32.1. The molecule has 4 nitrogen and oxygen atoms in total. The Morgan fingerprint density at radius 1 is 1.39 bits per heavy atom. The Morgan fingerprint density at radius 3 is 2.89 bits per heavy atom. The molecular formula is C13H20N4S. The first kappa shape index (κ1) is 13.2. The van der Waals surface area contributed by atoms with Crippen molar-refractivity contribution in [2.24, 2.45) is 0 Å². The predicted molar refractivity (Wildman–Crippen MR) is 74.9 cm³/mol. The van der Waals surface area contributed by atoms with Crippen LogP contribution in [-0.2, 0) is 13.1 Å². The van der Waals surface area contributed by atoms with Crippen LogP contribution in [0.25, 0.3) is 0 Å². The fraction of sp³-hybridized carbons (Fsp3) is 0.538. The molecule has 18 heavy (non-hydrogen) atoms. The Labute approximate surface area is 112 Å². The molecule has 0 bridgehead atoms. The van der Waals surface area contributed by atoms with E-state index in [0.29, 0.717) is 0 Å². The molecule has 0 aliphatic carbocycles. The van der Waals surface area contributed by atoms with Gasteiger partial charge in [-0.1, -0.05) is 6.92 Å². The monoisotopic (exact) mass is 264 g/mol. The molecule has 0 atom stereocenters. The summed E-state index contributed by atoms with van der Waals surface area (Å²) >= 11 is 1.69. The van der Waals surface area contributed by atoms with E-state index in [2.05, 4.69) is 34.6 Å². The Morgan fingerprint density at radius 2 is 2.22 bits per heavy atom. The minimum atomic E-state index is 0.768. The molecule has 2 aromatic heterocycles. The van der Waals surface area contributed by atoms with Crippen LogP contribution in [0.15, 0.2) is 11.6 Å². The molecule has 2 aromatic rings. The summed E-state index contributed by atoms with van der Waals surface area (Å²) in [6.07, 6.45) is 3.11. The zero-order chi connectivity index (χ0) is 13.0. The lowest BCUT2D eigenvalue weighted by molar-refractivity contribution is 0.644. The molecule has 0 unspecified atom stereocenters. The molecule has 0 aliphatic heterocycles. The highest BCUT2D eigenvalue weighted by Crippen LogP contribution is 2.12.